The Balaban J connectivity index is 1.85. The van der Waals surface area contributed by atoms with Gasteiger partial charge >= 0.3 is 0 Å². The van der Waals surface area contributed by atoms with E-state index < -0.39 is 4.92 Å². The second kappa shape index (κ2) is 8.26. The van der Waals surface area contributed by atoms with E-state index in [1.165, 1.54) is 42.2 Å². The number of para-hydroxylation sites is 1. The van der Waals surface area contributed by atoms with Crippen LogP contribution in [0.15, 0.2) is 87.7 Å². The Bertz CT molecular complexity index is 931. The zero-order valence-electron chi connectivity index (χ0n) is 13.5. The number of hydrogen-bond acceptors (Lipinski definition) is 5. The summed E-state index contributed by atoms with van der Waals surface area (Å²) < 4.78 is 13.1. The summed E-state index contributed by atoms with van der Waals surface area (Å²) in [6.45, 7) is 0. The highest BCUT2D eigenvalue weighted by Gasteiger charge is 2.11. The van der Waals surface area contributed by atoms with Gasteiger partial charge in [0.25, 0.3) is 5.69 Å². The van der Waals surface area contributed by atoms with Crippen LogP contribution in [0.5, 0.6) is 0 Å². The van der Waals surface area contributed by atoms with Gasteiger partial charge in [-0.25, -0.2) is 4.39 Å². The van der Waals surface area contributed by atoms with E-state index in [4.69, 9.17) is 0 Å². The zero-order valence-corrected chi connectivity index (χ0v) is 14.3. The number of non-ortho nitro benzene ring substituents is 1. The summed E-state index contributed by atoms with van der Waals surface area (Å²) in [7, 11) is 0. The molecule has 0 unspecified atom stereocenters. The Hall–Kier alpha value is -3.19. The third-order valence-electron chi connectivity index (χ3n) is 3.42. The minimum atomic E-state index is -0.450. The maximum atomic E-state index is 13.1. The van der Waals surface area contributed by atoms with Gasteiger partial charge in [-0.2, -0.15) is 5.10 Å². The van der Waals surface area contributed by atoms with Crippen LogP contribution >= 0.6 is 11.8 Å². The average Bonchev–Trinajstić information content (AvgIpc) is 2.65. The van der Waals surface area contributed by atoms with Gasteiger partial charge in [0.2, 0.25) is 0 Å². The van der Waals surface area contributed by atoms with Crippen LogP contribution < -0.4 is 5.43 Å². The summed E-state index contributed by atoms with van der Waals surface area (Å²) in [4.78, 5) is 12.2. The molecule has 1 N–H and O–H groups in total. The van der Waals surface area contributed by atoms with E-state index in [1.807, 2.05) is 30.3 Å². The molecule has 130 valence electrons. The number of nitro benzene ring substituents is 1. The predicted molar refractivity (Wildman–Crippen MR) is 101 cm³/mol. The fourth-order valence-electron chi connectivity index (χ4n) is 2.16. The monoisotopic (exact) mass is 367 g/mol. The Kier molecular flexibility index (Phi) is 5.60. The molecule has 0 saturated heterocycles. The van der Waals surface area contributed by atoms with Gasteiger partial charge in [-0.3, -0.25) is 15.5 Å². The van der Waals surface area contributed by atoms with Crippen molar-refractivity contribution in [1.82, 2.24) is 0 Å². The van der Waals surface area contributed by atoms with E-state index in [2.05, 4.69) is 10.5 Å². The highest BCUT2D eigenvalue weighted by Crippen LogP contribution is 2.32. The van der Waals surface area contributed by atoms with Gasteiger partial charge in [0, 0.05) is 27.5 Å². The van der Waals surface area contributed by atoms with Crippen LogP contribution in [-0.4, -0.2) is 11.1 Å². The van der Waals surface area contributed by atoms with E-state index >= 15 is 0 Å². The lowest BCUT2D eigenvalue weighted by Gasteiger charge is -2.06. The molecule has 5 nitrogen and oxygen atoms in total. The normalized spacial score (nSPS) is 10.8. The standard InChI is InChI=1S/C19H14FN3O2S/c20-15-6-9-18(10-7-15)26-19-11-8-17(23(24)25)12-14(19)13-21-22-16-4-2-1-3-5-16/h1-13,22H. The number of nitrogens with zero attached hydrogens (tertiary/aromatic N) is 2. The van der Waals surface area contributed by atoms with Crippen LogP contribution in [0, 0.1) is 15.9 Å². The highest BCUT2D eigenvalue weighted by atomic mass is 32.2. The molecule has 0 bridgehead atoms. The van der Waals surface area contributed by atoms with Gasteiger partial charge < -0.3 is 0 Å². The van der Waals surface area contributed by atoms with Crippen LogP contribution in [0.2, 0.25) is 0 Å². The van der Waals surface area contributed by atoms with Gasteiger partial charge in [-0.15, -0.1) is 0 Å². The lowest BCUT2D eigenvalue weighted by molar-refractivity contribution is -0.384. The van der Waals surface area contributed by atoms with E-state index in [-0.39, 0.29) is 11.5 Å². The van der Waals surface area contributed by atoms with Crippen LogP contribution in [0.25, 0.3) is 0 Å². The highest BCUT2D eigenvalue weighted by molar-refractivity contribution is 7.99. The van der Waals surface area contributed by atoms with Crippen molar-refractivity contribution in [2.75, 3.05) is 5.43 Å². The molecule has 3 rings (SSSR count). The van der Waals surface area contributed by atoms with Gasteiger partial charge in [0.05, 0.1) is 16.8 Å². The summed E-state index contributed by atoms with van der Waals surface area (Å²) in [5.74, 6) is -0.313. The summed E-state index contributed by atoms with van der Waals surface area (Å²) in [6, 6.07) is 20.0. The van der Waals surface area contributed by atoms with Crippen molar-refractivity contribution < 1.29 is 9.31 Å². The Morgan fingerprint density at radius 2 is 1.77 bits per heavy atom. The number of benzene rings is 3. The molecule has 0 radical (unpaired) electrons. The quantitative estimate of drug-likeness (QED) is 0.363. The molecule has 0 amide bonds. The van der Waals surface area contributed by atoms with Gasteiger partial charge in [-0.1, -0.05) is 30.0 Å². The second-order valence-electron chi connectivity index (χ2n) is 5.27. The van der Waals surface area contributed by atoms with Crippen molar-refractivity contribution >= 4 is 29.4 Å². The summed E-state index contributed by atoms with van der Waals surface area (Å²) in [6.07, 6.45) is 1.53. The Morgan fingerprint density at radius 3 is 2.46 bits per heavy atom. The van der Waals surface area contributed by atoms with Gasteiger partial charge in [-0.05, 0) is 42.5 Å². The first-order chi connectivity index (χ1) is 12.6. The molecule has 0 aliphatic rings. The zero-order chi connectivity index (χ0) is 18.4. The van der Waals surface area contributed by atoms with Crippen molar-refractivity contribution in [3.63, 3.8) is 0 Å². The minimum Gasteiger partial charge on any atom is -0.279 e. The topological polar surface area (TPSA) is 67.5 Å². The molecule has 0 aliphatic carbocycles. The van der Waals surface area contributed by atoms with Crippen molar-refractivity contribution in [2.24, 2.45) is 5.10 Å². The molecule has 7 heteroatoms. The van der Waals surface area contributed by atoms with Crippen LogP contribution in [0.1, 0.15) is 5.56 Å². The number of nitro groups is 1. The van der Waals surface area contributed by atoms with Crippen molar-refractivity contribution in [3.05, 3.63) is 94.3 Å². The number of halogens is 1. The largest absolute Gasteiger partial charge is 0.279 e. The van der Waals surface area contributed by atoms with E-state index in [9.17, 15) is 14.5 Å². The molecular weight excluding hydrogens is 353 g/mol. The smallest absolute Gasteiger partial charge is 0.270 e. The molecular formula is C19H14FN3O2S. The first kappa shape index (κ1) is 17.6. The minimum absolute atomic E-state index is 0.0189. The molecule has 0 aromatic heterocycles. The summed E-state index contributed by atoms with van der Waals surface area (Å²) in [5, 5.41) is 15.2. The molecule has 0 heterocycles. The maximum absolute atomic E-state index is 13.1. The Morgan fingerprint density at radius 1 is 1.04 bits per heavy atom. The molecule has 0 atom stereocenters. The Labute approximate surface area is 153 Å². The molecule has 3 aromatic rings. The van der Waals surface area contributed by atoms with E-state index in [1.54, 1.807) is 18.2 Å². The third kappa shape index (κ3) is 4.67. The van der Waals surface area contributed by atoms with Crippen LogP contribution in [0.3, 0.4) is 0 Å². The second-order valence-corrected chi connectivity index (χ2v) is 6.39. The maximum Gasteiger partial charge on any atom is 0.270 e. The lowest BCUT2D eigenvalue weighted by atomic mass is 10.2. The average molecular weight is 367 g/mol. The van der Waals surface area contributed by atoms with Crippen molar-refractivity contribution in [1.29, 1.82) is 0 Å². The number of anilines is 1. The fourth-order valence-corrected chi connectivity index (χ4v) is 3.05. The molecule has 0 aliphatic heterocycles. The van der Waals surface area contributed by atoms with E-state index in [0.717, 1.165) is 15.5 Å². The molecule has 0 spiro atoms. The van der Waals surface area contributed by atoms with Crippen molar-refractivity contribution in [2.45, 2.75) is 9.79 Å². The SMILES string of the molecule is O=[N+]([O-])c1ccc(Sc2ccc(F)cc2)c(C=NNc2ccccc2)c1. The van der Waals surface area contributed by atoms with Gasteiger partial charge in [0.15, 0.2) is 0 Å². The predicted octanol–water partition coefficient (Wildman–Crippen LogP) is 5.33. The first-order valence-electron chi connectivity index (χ1n) is 7.68. The van der Waals surface area contributed by atoms with Crippen LogP contribution in [-0.2, 0) is 0 Å². The summed E-state index contributed by atoms with van der Waals surface area (Å²) in [5.41, 5.74) is 4.26. The number of hydrazone groups is 1. The van der Waals surface area contributed by atoms with E-state index in [0.29, 0.717) is 5.56 Å². The number of nitrogens with one attached hydrogen (secondary N) is 1. The van der Waals surface area contributed by atoms with Gasteiger partial charge in [0.1, 0.15) is 5.82 Å². The molecule has 3 aromatic carbocycles. The first-order valence-corrected chi connectivity index (χ1v) is 8.49. The molecule has 26 heavy (non-hydrogen) atoms. The molecule has 0 fully saturated rings. The lowest BCUT2D eigenvalue weighted by Crippen LogP contribution is -1.95. The third-order valence-corrected chi connectivity index (χ3v) is 4.52. The fraction of sp³-hybridized carbons (Fsp3) is 0. The molecule has 0 saturated carbocycles. The van der Waals surface area contributed by atoms with Crippen LogP contribution in [0.4, 0.5) is 15.8 Å². The number of hydrogen-bond donors (Lipinski definition) is 1. The van der Waals surface area contributed by atoms with Crippen molar-refractivity contribution in [3.8, 4) is 0 Å². The summed E-state index contributed by atoms with van der Waals surface area (Å²) >= 11 is 1.38. The number of rotatable bonds is 6.